The highest BCUT2D eigenvalue weighted by Crippen LogP contribution is 2.34. The lowest BCUT2D eigenvalue weighted by Gasteiger charge is -2.22. The van der Waals surface area contributed by atoms with Crippen molar-refractivity contribution in [1.29, 1.82) is 5.26 Å². The molecule has 2 N–H and O–H groups in total. The monoisotopic (exact) mass is 485 g/mol. The van der Waals surface area contributed by atoms with Crippen LogP contribution < -0.4 is 10.2 Å². The predicted octanol–water partition coefficient (Wildman–Crippen LogP) is 5.48. The molecule has 1 aliphatic heterocycles. The SMILES string of the molecule is Cc1cc([C@@H](C)Nc2ccccc2C(=O)O)c2nc(N3Cc4cc(F)c(F)cc4C3)c(C#N)nc2c1. The van der Waals surface area contributed by atoms with Crippen molar-refractivity contribution in [2.75, 3.05) is 10.2 Å². The van der Waals surface area contributed by atoms with Crippen LogP contribution in [0, 0.1) is 29.9 Å². The summed E-state index contributed by atoms with van der Waals surface area (Å²) >= 11 is 0. The molecule has 0 radical (unpaired) electrons. The first-order valence-corrected chi connectivity index (χ1v) is 11.3. The fourth-order valence-corrected chi connectivity index (χ4v) is 4.60. The summed E-state index contributed by atoms with van der Waals surface area (Å²) in [5, 5.41) is 22.6. The number of aromatic nitrogens is 2. The number of anilines is 2. The number of fused-ring (bicyclic) bond motifs is 2. The minimum atomic E-state index is -1.04. The number of benzene rings is 3. The van der Waals surface area contributed by atoms with E-state index in [2.05, 4.69) is 16.4 Å². The Kier molecular flexibility index (Phi) is 5.72. The molecule has 36 heavy (non-hydrogen) atoms. The van der Waals surface area contributed by atoms with Crippen LogP contribution in [0.2, 0.25) is 0 Å². The van der Waals surface area contributed by atoms with Gasteiger partial charge in [-0.15, -0.1) is 0 Å². The summed E-state index contributed by atoms with van der Waals surface area (Å²) in [7, 11) is 0. The number of aryl methyl sites for hydroxylation is 1. The number of para-hydroxylation sites is 1. The fourth-order valence-electron chi connectivity index (χ4n) is 4.60. The van der Waals surface area contributed by atoms with Crippen LogP contribution in [0.1, 0.15) is 51.3 Å². The average Bonchev–Trinajstić information content (AvgIpc) is 3.25. The third-order valence-electron chi connectivity index (χ3n) is 6.29. The molecule has 0 spiro atoms. The molecule has 1 aromatic heterocycles. The van der Waals surface area contributed by atoms with E-state index in [0.29, 0.717) is 33.7 Å². The topological polar surface area (TPSA) is 102 Å². The maximum absolute atomic E-state index is 13.8. The van der Waals surface area contributed by atoms with Gasteiger partial charge in [0.25, 0.3) is 0 Å². The molecule has 0 saturated carbocycles. The highest BCUT2D eigenvalue weighted by molar-refractivity contribution is 5.94. The zero-order chi connectivity index (χ0) is 25.6. The zero-order valence-electron chi connectivity index (χ0n) is 19.5. The van der Waals surface area contributed by atoms with Gasteiger partial charge in [0.15, 0.2) is 23.1 Å². The Bertz CT molecular complexity index is 1550. The molecule has 1 atom stereocenters. The fraction of sp³-hybridized carbons (Fsp3) is 0.185. The van der Waals surface area contributed by atoms with Crippen molar-refractivity contribution < 1.29 is 18.7 Å². The quantitative estimate of drug-likeness (QED) is 0.386. The van der Waals surface area contributed by atoms with Crippen molar-refractivity contribution >= 4 is 28.5 Å². The first-order valence-electron chi connectivity index (χ1n) is 11.3. The van der Waals surface area contributed by atoms with Crippen LogP contribution in [0.5, 0.6) is 0 Å². The Morgan fingerprint density at radius 2 is 1.78 bits per heavy atom. The smallest absolute Gasteiger partial charge is 0.337 e. The van der Waals surface area contributed by atoms with E-state index in [-0.39, 0.29) is 30.4 Å². The Morgan fingerprint density at radius 3 is 2.42 bits per heavy atom. The van der Waals surface area contributed by atoms with Gasteiger partial charge < -0.3 is 15.3 Å². The second-order valence-corrected chi connectivity index (χ2v) is 8.84. The van der Waals surface area contributed by atoms with Crippen molar-refractivity contribution in [2.45, 2.75) is 33.0 Å². The van der Waals surface area contributed by atoms with Gasteiger partial charge >= 0.3 is 5.97 Å². The van der Waals surface area contributed by atoms with Gasteiger partial charge in [-0.3, -0.25) is 0 Å². The second-order valence-electron chi connectivity index (χ2n) is 8.84. The van der Waals surface area contributed by atoms with E-state index < -0.39 is 17.6 Å². The molecular formula is C27H21F2N5O2. The molecule has 9 heteroatoms. The molecule has 0 unspecified atom stereocenters. The van der Waals surface area contributed by atoms with Gasteiger partial charge in [-0.1, -0.05) is 18.2 Å². The van der Waals surface area contributed by atoms with E-state index in [0.717, 1.165) is 11.1 Å². The summed E-state index contributed by atoms with van der Waals surface area (Å²) in [4.78, 5) is 22.8. The number of nitrogens with one attached hydrogen (secondary N) is 1. The van der Waals surface area contributed by atoms with Crippen LogP contribution in [0.15, 0.2) is 48.5 Å². The van der Waals surface area contributed by atoms with Crippen LogP contribution in [0.25, 0.3) is 11.0 Å². The molecule has 1 aliphatic rings. The summed E-state index contributed by atoms with van der Waals surface area (Å²) in [6.07, 6.45) is 0. The van der Waals surface area contributed by atoms with E-state index >= 15 is 0 Å². The lowest BCUT2D eigenvalue weighted by Crippen LogP contribution is -2.19. The highest BCUT2D eigenvalue weighted by atomic mass is 19.2. The Labute approximate surface area is 205 Å². The molecule has 0 fully saturated rings. The molecule has 0 bridgehead atoms. The number of carboxylic acids is 1. The van der Waals surface area contributed by atoms with Crippen LogP contribution in [-0.4, -0.2) is 21.0 Å². The maximum atomic E-state index is 13.8. The number of nitrogens with zero attached hydrogens (tertiary/aromatic N) is 4. The molecule has 3 aromatic carbocycles. The zero-order valence-corrected chi connectivity index (χ0v) is 19.5. The molecule has 2 heterocycles. The normalized spacial score (nSPS) is 13.4. The number of aromatic carboxylic acids is 1. The van der Waals surface area contributed by atoms with Gasteiger partial charge in [-0.2, -0.15) is 5.26 Å². The van der Waals surface area contributed by atoms with Crippen molar-refractivity contribution in [3.63, 3.8) is 0 Å². The molecular weight excluding hydrogens is 464 g/mol. The summed E-state index contributed by atoms with van der Waals surface area (Å²) < 4.78 is 27.6. The van der Waals surface area contributed by atoms with Gasteiger partial charge in [-0.05, 0) is 60.9 Å². The molecule has 180 valence electrons. The second kappa shape index (κ2) is 8.89. The highest BCUT2D eigenvalue weighted by Gasteiger charge is 2.26. The third kappa shape index (κ3) is 4.07. The number of carboxylic acid groups (broad SMARTS) is 1. The largest absolute Gasteiger partial charge is 0.478 e. The average molecular weight is 485 g/mol. The number of hydrogen-bond acceptors (Lipinski definition) is 6. The lowest BCUT2D eigenvalue weighted by atomic mass is 10.0. The Balaban J connectivity index is 1.58. The van der Waals surface area contributed by atoms with Crippen molar-refractivity contribution in [2.24, 2.45) is 0 Å². The van der Waals surface area contributed by atoms with E-state index in [1.54, 1.807) is 23.1 Å². The van der Waals surface area contributed by atoms with E-state index in [9.17, 15) is 23.9 Å². The van der Waals surface area contributed by atoms with Gasteiger partial charge in [0.05, 0.1) is 22.6 Å². The Morgan fingerprint density at radius 1 is 1.11 bits per heavy atom. The first kappa shape index (κ1) is 23.2. The number of rotatable bonds is 5. The first-order chi connectivity index (χ1) is 17.2. The van der Waals surface area contributed by atoms with Crippen LogP contribution in [0.3, 0.4) is 0 Å². The summed E-state index contributed by atoms with van der Waals surface area (Å²) in [6, 6.07) is 14.5. The van der Waals surface area contributed by atoms with Gasteiger partial charge in [0.2, 0.25) is 0 Å². The lowest BCUT2D eigenvalue weighted by molar-refractivity contribution is 0.0698. The van der Waals surface area contributed by atoms with Crippen LogP contribution in [-0.2, 0) is 13.1 Å². The third-order valence-corrected chi connectivity index (χ3v) is 6.29. The summed E-state index contributed by atoms with van der Waals surface area (Å²) in [5.74, 6) is -2.55. The van der Waals surface area contributed by atoms with Crippen molar-refractivity contribution in [3.05, 3.63) is 93.7 Å². The maximum Gasteiger partial charge on any atom is 0.337 e. The van der Waals surface area contributed by atoms with E-state index in [1.807, 2.05) is 26.0 Å². The Hall–Kier alpha value is -4.58. The van der Waals surface area contributed by atoms with Gasteiger partial charge in [-0.25, -0.2) is 23.5 Å². The summed E-state index contributed by atoms with van der Waals surface area (Å²) in [6.45, 7) is 4.33. The summed E-state index contributed by atoms with van der Waals surface area (Å²) in [5.41, 5.74) is 4.75. The van der Waals surface area contributed by atoms with Crippen molar-refractivity contribution in [1.82, 2.24) is 9.97 Å². The minimum Gasteiger partial charge on any atom is -0.478 e. The van der Waals surface area contributed by atoms with Gasteiger partial charge in [0, 0.05) is 24.3 Å². The molecule has 0 amide bonds. The molecule has 5 rings (SSSR count). The van der Waals surface area contributed by atoms with Crippen molar-refractivity contribution in [3.8, 4) is 6.07 Å². The number of halogens is 2. The van der Waals surface area contributed by atoms with Gasteiger partial charge in [0.1, 0.15) is 6.07 Å². The van der Waals surface area contributed by atoms with Crippen LogP contribution >= 0.6 is 0 Å². The minimum absolute atomic E-state index is 0.115. The molecule has 0 saturated heterocycles. The van der Waals surface area contributed by atoms with E-state index in [1.165, 1.54) is 18.2 Å². The van der Waals surface area contributed by atoms with Crippen LogP contribution in [0.4, 0.5) is 20.3 Å². The van der Waals surface area contributed by atoms with E-state index in [4.69, 9.17) is 4.98 Å². The number of hydrogen-bond donors (Lipinski definition) is 2. The number of nitriles is 1. The molecule has 7 nitrogen and oxygen atoms in total. The standard InChI is InChI=1S/C27H21F2N5O2/c1-14-7-19(15(2)31-22-6-4-3-5-18(22)27(35)36)25-23(8-14)32-24(11-30)26(33-25)34-12-16-9-20(28)21(29)10-17(16)13-34/h3-10,15,31H,12-13H2,1-2H3,(H,35,36)/t15-/m1/s1. The predicted molar refractivity (Wildman–Crippen MR) is 131 cm³/mol. The molecule has 4 aromatic rings. The number of carbonyl (C=O) groups is 1. The molecule has 0 aliphatic carbocycles.